The Kier molecular flexibility index (Phi) is 4.27. The maximum atomic E-state index is 12.6. The van der Waals surface area contributed by atoms with Gasteiger partial charge in [0.25, 0.3) is 0 Å². The van der Waals surface area contributed by atoms with Crippen LogP contribution in [0, 0.1) is 0 Å². The van der Waals surface area contributed by atoms with Crippen molar-refractivity contribution in [2.24, 2.45) is 5.11 Å². The standard InChI is InChI=1S/C16H13BrN8O/c17-9-2-3-12-10(6-9)13(16(26)22-12)14-11-7-25(5-1-4-21-24-18)23-15(11)20-8-19-14/h2-3,6-8,13H,1,4-5H2,(H,22,26). The van der Waals surface area contributed by atoms with Crippen molar-refractivity contribution in [2.75, 3.05) is 11.9 Å². The molecule has 1 unspecified atom stereocenters. The van der Waals surface area contributed by atoms with Gasteiger partial charge >= 0.3 is 0 Å². The highest BCUT2D eigenvalue weighted by molar-refractivity contribution is 9.10. The lowest BCUT2D eigenvalue weighted by Crippen LogP contribution is -2.14. The van der Waals surface area contributed by atoms with E-state index in [2.05, 4.69) is 46.3 Å². The van der Waals surface area contributed by atoms with Crippen LogP contribution in [0.3, 0.4) is 0 Å². The molecule has 4 rings (SSSR count). The molecule has 0 bridgehead atoms. The molecule has 9 nitrogen and oxygen atoms in total. The molecule has 1 amide bonds. The molecule has 1 aliphatic rings. The molecule has 1 N–H and O–H groups in total. The number of fused-ring (bicyclic) bond motifs is 2. The number of nitrogens with zero attached hydrogens (tertiary/aromatic N) is 7. The van der Waals surface area contributed by atoms with Crippen LogP contribution >= 0.6 is 15.9 Å². The SMILES string of the molecule is [N-]=[N+]=NCCCn1cc2c(C3C(=O)Nc4ccc(Br)cc43)ncnc2n1. The lowest BCUT2D eigenvalue weighted by atomic mass is 9.95. The maximum absolute atomic E-state index is 12.6. The summed E-state index contributed by atoms with van der Waals surface area (Å²) in [6, 6.07) is 5.68. The lowest BCUT2D eigenvalue weighted by molar-refractivity contribution is -0.116. The number of azide groups is 1. The van der Waals surface area contributed by atoms with Crippen molar-refractivity contribution in [1.29, 1.82) is 0 Å². The Labute approximate surface area is 156 Å². The zero-order valence-corrected chi connectivity index (χ0v) is 15.1. The molecule has 130 valence electrons. The largest absolute Gasteiger partial charge is 0.325 e. The molecule has 10 heteroatoms. The fraction of sp³-hybridized carbons (Fsp3) is 0.250. The maximum Gasteiger partial charge on any atom is 0.238 e. The number of rotatable bonds is 5. The topological polar surface area (TPSA) is 121 Å². The normalized spacial score (nSPS) is 15.6. The second-order valence-corrected chi connectivity index (χ2v) is 6.77. The fourth-order valence-electron chi connectivity index (χ4n) is 3.10. The molecule has 0 saturated carbocycles. The van der Waals surface area contributed by atoms with E-state index >= 15 is 0 Å². The Morgan fingerprint density at radius 1 is 1.38 bits per heavy atom. The van der Waals surface area contributed by atoms with Crippen LogP contribution in [0.1, 0.15) is 23.6 Å². The fourth-order valence-corrected chi connectivity index (χ4v) is 3.48. The average Bonchev–Trinajstić information content (AvgIpc) is 3.18. The van der Waals surface area contributed by atoms with E-state index in [4.69, 9.17) is 5.53 Å². The number of hydrogen-bond acceptors (Lipinski definition) is 5. The summed E-state index contributed by atoms with van der Waals surface area (Å²) in [4.78, 5) is 23.9. The van der Waals surface area contributed by atoms with Crippen LogP contribution in [-0.2, 0) is 11.3 Å². The Morgan fingerprint density at radius 3 is 3.12 bits per heavy atom. The van der Waals surface area contributed by atoms with E-state index in [0.717, 1.165) is 21.1 Å². The third kappa shape index (κ3) is 2.89. The molecule has 0 aliphatic carbocycles. The van der Waals surface area contributed by atoms with E-state index in [0.29, 0.717) is 30.9 Å². The second-order valence-electron chi connectivity index (χ2n) is 5.85. The summed E-state index contributed by atoms with van der Waals surface area (Å²) >= 11 is 3.46. The molecule has 26 heavy (non-hydrogen) atoms. The molecule has 0 spiro atoms. The number of aromatic nitrogens is 4. The van der Waals surface area contributed by atoms with Gasteiger partial charge in [0, 0.05) is 34.4 Å². The number of halogens is 1. The Morgan fingerprint density at radius 2 is 2.27 bits per heavy atom. The van der Waals surface area contributed by atoms with E-state index in [9.17, 15) is 4.79 Å². The van der Waals surface area contributed by atoms with Crippen molar-refractivity contribution in [1.82, 2.24) is 19.7 Å². The van der Waals surface area contributed by atoms with Crippen LogP contribution < -0.4 is 5.32 Å². The molecule has 2 aromatic heterocycles. The van der Waals surface area contributed by atoms with Gasteiger partial charge in [-0.3, -0.25) is 9.48 Å². The number of amides is 1. The van der Waals surface area contributed by atoms with E-state index in [1.807, 2.05) is 24.4 Å². The summed E-state index contributed by atoms with van der Waals surface area (Å²) in [6.45, 7) is 0.992. The van der Waals surface area contributed by atoms with Gasteiger partial charge in [-0.15, -0.1) is 0 Å². The minimum atomic E-state index is -0.506. The van der Waals surface area contributed by atoms with E-state index < -0.39 is 5.92 Å². The predicted octanol–water partition coefficient (Wildman–Crippen LogP) is 3.37. The van der Waals surface area contributed by atoms with Crippen LogP contribution in [0.4, 0.5) is 5.69 Å². The Bertz CT molecular complexity index is 1060. The molecule has 0 fully saturated rings. The van der Waals surface area contributed by atoms with Crippen molar-refractivity contribution in [2.45, 2.75) is 18.9 Å². The van der Waals surface area contributed by atoms with Crippen LogP contribution in [0.15, 0.2) is 40.3 Å². The van der Waals surface area contributed by atoms with Gasteiger partial charge in [0.15, 0.2) is 5.65 Å². The summed E-state index contributed by atoms with van der Waals surface area (Å²) in [5, 5.41) is 11.6. The first kappa shape index (κ1) is 16.5. The first-order chi connectivity index (χ1) is 12.7. The predicted molar refractivity (Wildman–Crippen MR) is 98.6 cm³/mol. The monoisotopic (exact) mass is 412 g/mol. The van der Waals surface area contributed by atoms with Gasteiger partial charge < -0.3 is 5.32 Å². The summed E-state index contributed by atoms with van der Waals surface area (Å²) < 4.78 is 2.64. The number of hydrogen-bond donors (Lipinski definition) is 1. The van der Waals surface area contributed by atoms with Gasteiger partial charge in [-0.25, -0.2) is 9.97 Å². The molecule has 3 heterocycles. The quantitative estimate of drug-likeness (QED) is 0.298. The number of benzene rings is 1. The highest BCUT2D eigenvalue weighted by Crippen LogP contribution is 2.39. The van der Waals surface area contributed by atoms with Crippen molar-refractivity contribution >= 4 is 38.6 Å². The third-order valence-electron chi connectivity index (χ3n) is 4.22. The summed E-state index contributed by atoms with van der Waals surface area (Å²) in [5.41, 5.74) is 11.2. The highest BCUT2D eigenvalue weighted by Gasteiger charge is 2.34. The molecule has 1 aliphatic heterocycles. The minimum Gasteiger partial charge on any atom is -0.325 e. The van der Waals surface area contributed by atoms with E-state index in [-0.39, 0.29) is 5.91 Å². The third-order valence-corrected chi connectivity index (χ3v) is 4.71. The first-order valence-electron chi connectivity index (χ1n) is 7.96. The number of carbonyl (C=O) groups is 1. The molecule has 0 radical (unpaired) electrons. The van der Waals surface area contributed by atoms with Crippen LogP contribution in [-0.4, -0.2) is 32.2 Å². The second kappa shape index (κ2) is 6.74. The van der Waals surface area contributed by atoms with E-state index in [1.54, 1.807) is 4.68 Å². The highest BCUT2D eigenvalue weighted by atomic mass is 79.9. The van der Waals surface area contributed by atoms with Gasteiger partial charge in [0.2, 0.25) is 5.91 Å². The lowest BCUT2D eigenvalue weighted by Gasteiger charge is -2.09. The first-order valence-corrected chi connectivity index (χ1v) is 8.76. The van der Waals surface area contributed by atoms with E-state index in [1.165, 1.54) is 6.33 Å². The van der Waals surface area contributed by atoms with Crippen molar-refractivity contribution in [3.8, 4) is 0 Å². The summed E-state index contributed by atoms with van der Waals surface area (Å²) in [5.74, 6) is -0.622. The molecule has 1 aromatic carbocycles. The molecular formula is C16H13BrN8O. The van der Waals surface area contributed by atoms with Gasteiger partial charge in [-0.05, 0) is 35.7 Å². The van der Waals surface area contributed by atoms with Gasteiger partial charge in [0.05, 0.1) is 11.1 Å². The average molecular weight is 413 g/mol. The molecule has 1 atom stereocenters. The number of nitrogens with one attached hydrogen (secondary N) is 1. The smallest absolute Gasteiger partial charge is 0.238 e. The van der Waals surface area contributed by atoms with Crippen LogP contribution in [0.25, 0.3) is 21.5 Å². The van der Waals surface area contributed by atoms with Crippen molar-refractivity contribution in [3.05, 3.63) is 56.9 Å². The van der Waals surface area contributed by atoms with Crippen LogP contribution in [0.2, 0.25) is 0 Å². The zero-order chi connectivity index (χ0) is 18.1. The van der Waals surface area contributed by atoms with Crippen LogP contribution in [0.5, 0.6) is 0 Å². The van der Waals surface area contributed by atoms with Gasteiger partial charge in [0.1, 0.15) is 12.2 Å². The Hall–Kier alpha value is -2.97. The van der Waals surface area contributed by atoms with Crippen molar-refractivity contribution in [3.63, 3.8) is 0 Å². The Balaban J connectivity index is 1.73. The number of anilines is 1. The zero-order valence-electron chi connectivity index (χ0n) is 13.5. The number of carbonyl (C=O) groups excluding carboxylic acids is 1. The molecule has 0 saturated heterocycles. The summed E-state index contributed by atoms with van der Waals surface area (Å²) in [7, 11) is 0. The minimum absolute atomic E-state index is 0.116. The summed E-state index contributed by atoms with van der Waals surface area (Å²) in [6.07, 6.45) is 3.93. The van der Waals surface area contributed by atoms with Gasteiger partial charge in [-0.2, -0.15) is 5.10 Å². The molecule has 3 aromatic rings. The molecular weight excluding hydrogens is 400 g/mol. The number of aryl methyl sites for hydroxylation is 1. The van der Waals surface area contributed by atoms with Crippen molar-refractivity contribution < 1.29 is 4.79 Å². The van der Waals surface area contributed by atoms with Gasteiger partial charge in [-0.1, -0.05) is 21.0 Å².